The fourth-order valence-electron chi connectivity index (χ4n) is 7.76. The zero-order valence-electron chi connectivity index (χ0n) is 39.6. The molecule has 20 heterocycles. The van der Waals surface area contributed by atoms with Gasteiger partial charge in [0.05, 0.1) is 0 Å². The van der Waals surface area contributed by atoms with Gasteiger partial charge in [0.25, 0.3) is 0 Å². The van der Waals surface area contributed by atoms with Crippen LogP contribution in [0, 0.1) is 0 Å². The van der Waals surface area contributed by atoms with Gasteiger partial charge in [0.1, 0.15) is 0 Å². The summed E-state index contributed by atoms with van der Waals surface area (Å²) in [6.45, 7) is 0. The van der Waals surface area contributed by atoms with Crippen molar-refractivity contribution in [2.24, 2.45) is 0 Å². The molecule has 62 nitrogen and oxygen atoms in total. The van der Waals surface area contributed by atoms with Crippen LogP contribution < -0.4 is 29.4 Å². The van der Waals surface area contributed by atoms with Crippen molar-refractivity contribution in [1.82, 2.24) is 0 Å². The Hall–Kier alpha value is 7.57. The standard InChI is InChI=1S/2H3O4P.54O.18W/c2*1-5(2,3)4;;;;;;;;;;;;;;;;;;;;;;;;;;;;;;;;;;;;;;;;;;;;;;;;;;;;;;;;;;;;;;;;;;;;;;;;/h2*(H3,1,2,3,4);;;;;;;;;;;;;;;;;;;;;;;;;;;;;;;;;;;;;;;;;;;;;;;;;;;;;;;;;;;;;;;;;;;;;;;;. The van der Waals surface area contributed by atoms with Crippen LogP contribution in [0.4, 0.5) is 0 Å². The Morgan fingerprint density at radius 2 is 0.171 bits per heavy atom. The van der Waals surface area contributed by atoms with E-state index in [1.54, 1.807) is 0 Å². The van der Waals surface area contributed by atoms with Gasteiger partial charge in [-0.25, -0.2) is 0 Å². The van der Waals surface area contributed by atoms with Gasteiger partial charge in [-0.3, -0.25) is 0 Å². The van der Waals surface area contributed by atoms with E-state index in [-0.39, 0.29) is 8.56 Å². The van der Waals surface area contributed by atoms with Gasteiger partial charge in [-0.15, -0.1) is 0 Å². The molecule has 0 N–H and O–H groups in total. The zero-order valence-corrected chi connectivity index (χ0v) is 88.1. The van der Waals surface area contributed by atoms with Crippen LogP contribution >= 0.6 is 15.6 Å². The summed E-state index contributed by atoms with van der Waals surface area (Å²) < 4.78 is 485. The predicted octanol–water partition coefficient (Wildman–Crippen LogP) is -9.62. The van der Waals surface area contributed by atoms with E-state index in [0.717, 1.165) is 0 Å². The normalized spacial score (nSPS) is 56.3. The molecule has 0 amide bonds. The van der Waals surface area contributed by atoms with Crippen molar-refractivity contribution < 1.29 is 475 Å². The molecule has 82 heteroatoms. The van der Waals surface area contributed by atoms with E-state index < -0.39 is 309 Å². The van der Waals surface area contributed by atoms with Crippen LogP contribution in [0.25, 0.3) is 0 Å². The van der Waals surface area contributed by atoms with Gasteiger partial charge in [0.2, 0.25) is 0 Å². The Bertz CT molecular complexity index is 4270. The molecule has 0 aromatic rings. The van der Waals surface area contributed by atoms with Gasteiger partial charge in [-0.2, -0.15) is 15.6 Å². The van der Waals surface area contributed by atoms with E-state index in [1.807, 2.05) is 0 Å². The molecule has 0 aromatic heterocycles. The summed E-state index contributed by atoms with van der Waals surface area (Å²) in [6.07, 6.45) is 0. The molecular weight excluding hydrogens is 4360 g/mol. The van der Waals surface area contributed by atoms with Crippen molar-refractivity contribution in [2.45, 2.75) is 0 Å². The van der Waals surface area contributed by atoms with E-state index in [4.69, 9.17) is 112 Å². The van der Waals surface area contributed by atoms with E-state index in [9.17, 15) is 0 Å². The van der Waals surface area contributed by atoms with Gasteiger partial charge in [-0.05, 0) is 0 Å². The van der Waals surface area contributed by atoms with Gasteiger partial charge in [0.15, 0.2) is 0 Å². The molecule has 0 atom stereocenters. The first-order chi connectivity index (χ1) is 34.8. The van der Waals surface area contributed by atoms with Crippen LogP contribution in [0.15, 0.2) is 0 Å². The average Bonchev–Trinajstić information content (AvgIpc) is 2.82. The summed E-state index contributed by atoms with van der Waals surface area (Å²) in [5, 5.41) is 0. The van der Waals surface area contributed by atoms with E-state index in [0.29, 0.717) is 0 Å². The fraction of sp³-hybridized carbons (Fsp3) is 0. The summed E-state index contributed by atoms with van der Waals surface area (Å²) in [5.74, 6) is 0. The summed E-state index contributed by atoms with van der Waals surface area (Å²) in [5.41, 5.74) is 0. The maximum absolute atomic E-state index is 16.6. The summed E-state index contributed by atoms with van der Waals surface area (Å²) >= 11 is -210. The second-order valence-electron chi connectivity index (χ2n) is 15.6. The van der Waals surface area contributed by atoms with Crippen molar-refractivity contribution in [3.63, 3.8) is 0 Å². The van der Waals surface area contributed by atoms with Crippen LogP contribution in [0.5, 0.6) is 0 Å². The second-order valence-corrected chi connectivity index (χ2v) is 267. The molecule has 20 saturated heterocycles. The molecular formula is H6O62P2W18. The van der Waals surface area contributed by atoms with E-state index >= 15 is 61.2 Å². The van der Waals surface area contributed by atoms with Gasteiger partial charge >= 0.3 is 437 Å². The Morgan fingerprint density at radius 3 is 0.195 bits per heavy atom. The van der Waals surface area contributed by atoms with E-state index in [1.165, 1.54) is 0 Å². The molecule has 20 fully saturated rings. The molecule has 20 aliphatic rings. The molecule has 0 aliphatic carbocycles. The number of hydrogen-bond acceptors (Lipinski definition) is 62. The third-order valence-electron chi connectivity index (χ3n) is 8.00. The molecule has 0 unspecified atom stereocenters. The Morgan fingerprint density at radius 1 is 0.146 bits per heavy atom. The first-order valence-electron chi connectivity index (χ1n) is 16.5. The first kappa shape index (κ1) is 63.0. The van der Waals surface area contributed by atoms with Crippen molar-refractivity contribution in [3.8, 4) is 0 Å². The third-order valence-corrected chi connectivity index (χ3v) is 536. The molecule has 0 aromatic carbocycles. The number of hydrogen-bond donors (Lipinski definition) is 0. The Balaban J connectivity index is 0.000000467. The molecule has 20 rings (SSSR count). The summed E-state index contributed by atoms with van der Waals surface area (Å²) in [6, 6.07) is 0. The van der Waals surface area contributed by atoms with Crippen LogP contribution in [0.3, 0.4) is 0 Å². The van der Waals surface area contributed by atoms with Crippen molar-refractivity contribution in [2.75, 3.05) is 0 Å². The van der Waals surface area contributed by atoms with Gasteiger partial charge in [0, 0.05) is 0 Å². The second kappa shape index (κ2) is 12.2. The molecule has 18 bridgehead atoms. The zero-order chi connectivity index (χ0) is 60.5. The first-order valence-corrected chi connectivity index (χ1v) is 127. The van der Waals surface area contributed by atoms with E-state index in [2.05, 4.69) is 0 Å². The molecule has 0 radical (unpaired) electrons. The van der Waals surface area contributed by atoms with Crippen LogP contribution in [0.1, 0.15) is 8.56 Å². The summed E-state index contributed by atoms with van der Waals surface area (Å²) in [7, 11) is -10.8. The minimum absolute atomic E-state index is 0. The third kappa shape index (κ3) is 7.51. The SMILES string of the molecule is O=P([O-])([O-])[O-].O=P([O-])([O-])[O-].[H+].[H+].[H+].[H+].[H+].[H+].[O]=[W]123[O][W]45(=[O])[O][W]6(=[O])([O]1)[O][W]17(=[O])[O][W]8(=[O])([O]6)[O][W]6(=[O])([O]4)[O][W]4(=[O])([O]5)[O][W]5(=[O])([O]2)[O][W](=[O])([O]3)([O]1)[O][W]12(=[O])[O][W]39(=[O])[O][W]%10%11(=[O])[O][W]%12(=[O])([O]3)[O][W](=[O])([O][W](=[O])([O]%12)([O][W](=[O])([O]%10)([O][W](=[O])([O]%11)([O][W](=[O])([O]9)([O]1)[O]5)[O]4)[O]6)[O]8)([O]2)[O]7. The molecule has 0 saturated carbocycles. The predicted molar refractivity (Wildman–Crippen MR) is 73.3 cm³/mol. The minimum atomic E-state index is -11.8. The Kier molecular flexibility index (Phi) is 9.41. The van der Waals surface area contributed by atoms with Crippen LogP contribution in [-0.2, 0) is 437 Å². The van der Waals surface area contributed by atoms with Crippen LogP contribution in [0.2, 0.25) is 0 Å². The molecule has 18 spiro atoms. The fourth-order valence-corrected chi connectivity index (χ4v) is 1110. The molecule has 496 valence electrons. The van der Waals surface area contributed by atoms with Crippen molar-refractivity contribution in [3.05, 3.63) is 0 Å². The topological polar surface area (TPSA) is 812 Å². The molecule has 20 aliphatic heterocycles. The quantitative estimate of drug-likeness (QED) is 0.203. The van der Waals surface area contributed by atoms with Crippen molar-refractivity contribution in [1.29, 1.82) is 0 Å². The van der Waals surface area contributed by atoms with Gasteiger partial charge in [-0.1, -0.05) is 0 Å². The average molecular weight is 4370 g/mol. The maximum atomic E-state index is 16.6. The van der Waals surface area contributed by atoms with Crippen LogP contribution in [-0.4, -0.2) is 0 Å². The summed E-state index contributed by atoms with van der Waals surface area (Å²) in [4.78, 5) is 51.3. The Labute approximate surface area is 480 Å². The number of rotatable bonds is 0. The van der Waals surface area contributed by atoms with Gasteiger partial charge < -0.3 is 38.5 Å². The monoisotopic (exact) mass is 4370 g/mol. The molecule has 82 heavy (non-hydrogen) atoms. The number of phosphoric acid groups is 2. The van der Waals surface area contributed by atoms with Crippen molar-refractivity contribution >= 4 is 15.6 Å².